The second kappa shape index (κ2) is 12.1. The van der Waals surface area contributed by atoms with Crippen molar-refractivity contribution in [2.24, 2.45) is 0 Å². The number of para-hydroxylation sites is 2. The number of carbonyl (C=O) groups excluding carboxylic acids is 5. The molecular weight excluding hydrogens is 632 g/mol. The molecule has 0 aromatic heterocycles. The standard InChI is InChI=1S/C41H24N2O7/c44-37(25-11-21-33-35(23-25)40(47)42(38(33)45)27-13-17-31(18-14-27)49-29-7-3-1-4-8-29)26-12-22-34-36(24-26)41(48)43(39(34)46)28-15-19-32(20-16-28)50-30-9-5-2-6-10-30/h1-24H. The van der Waals surface area contributed by atoms with Gasteiger partial charge in [0.25, 0.3) is 23.6 Å². The van der Waals surface area contributed by atoms with Crippen LogP contribution in [0.2, 0.25) is 0 Å². The minimum absolute atomic E-state index is 0.0868. The Morgan fingerprint density at radius 2 is 0.720 bits per heavy atom. The Bertz CT molecular complexity index is 2190. The topological polar surface area (TPSA) is 110 Å². The third kappa shape index (κ3) is 5.29. The normalized spacial score (nSPS) is 13.4. The number of fused-ring (bicyclic) bond motifs is 2. The number of ketones is 1. The van der Waals surface area contributed by atoms with Crippen molar-refractivity contribution in [1.29, 1.82) is 0 Å². The fraction of sp³-hybridized carbons (Fsp3) is 0. The maximum Gasteiger partial charge on any atom is 0.266 e. The summed E-state index contributed by atoms with van der Waals surface area (Å²) in [5.74, 6) is -0.266. The number of amides is 4. The van der Waals surface area contributed by atoms with E-state index in [4.69, 9.17) is 9.47 Å². The van der Waals surface area contributed by atoms with Crippen molar-refractivity contribution in [3.05, 3.63) is 179 Å². The Morgan fingerprint density at radius 3 is 1.10 bits per heavy atom. The highest BCUT2D eigenvalue weighted by molar-refractivity contribution is 6.36. The van der Waals surface area contributed by atoms with Crippen molar-refractivity contribution in [1.82, 2.24) is 0 Å². The minimum Gasteiger partial charge on any atom is -0.457 e. The lowest BCUT2D eigenvalue weighted by atomic mass is 9.96. The van der Waals surface area contributed by atoms with Crippen LogP contribution in [-0.4, -0.2) is 29.4 Å². The van der Waals surface area contributed by atoms with E-state index in [1.54, 1.807) is 48.5 Å². The number of hydrogen-bond donors (Lipinski definition) is 0. The van der Waals surface area contributed by atoms with Crippen LogP contribution in [0.25, 0.3) is 0 Å². The van der Waals surface area contributed by atoms with E-state index in [-0.39, 0.29) is 33.4 Å². The van der Waals surface area contributed by atoms with Gasteiger partial charge in [0, 0.05) is 11.1 Å². The molecule has 6 aromatic carbocycles. The Morgan fingerprint density at radius 1 is 0.380 bits per heavy atom. The van der Waals surface area contributed by atoms with E-state index in [1.165, 1.54) is 36.4 Å². The number of ether oxygens (including phenoxy) is 2. The zero-order valence-corrected chi connectivity index (χ0v) is 26.1. The minimum atomic E-state index is -0.568. The summed E-state index contributed by atoms with van der Waals surface area (Å²) in [6.07, 6.45) is 0. The lowest BCUT2D eigenvalue weighted by Crippen LogP contribution is -2.29. The van der Waals surface area contributed by atoms with Gasteiger partial charge in [0.15, 0.2) is 5.78 Å². The van der Waals surface area contributed by atoms with Gasteiger partial charge in [-0.3, -0.25) is 24.0 Å². The average molecular weight is 657 g/mol. The monoisotopic (exact) mass is 656 g/mol. The Hall–Kier alpha value is -7.13. The van der Waals surface area contributed by atoms with Crippen molar-refractivity contribution in [2.45, 2.75) is 0 Å². The SMILES string of the molecule is O=C(c1ccc2c(c1)C(=O)N(c1ccc(Oc3ccccc3)cc1)C2=O)c1ccc2c(c1)C(=O)N(c1ccc(Oc3ccccc3)cc1)C2=O. The number of benzene rings is 6. The van der Waals surface area contributed by atoms with E-state index in [9.17, 15) is 24.0 Å². The first-order chi connectivity index (χ1) is 24.4. The molecule has 240 valence electrons. The van der Waals surface area contributed by atoms with Gasteiger partial charge in [0.05, 0.1) is 33.6 Å². The number of hydrogen-bond acceptors (Lipinski definition) is 7. The molecule has 2 aliphatic heterocycles. The highest BCUT2D eigenvalue weighted by Crippen LogP contribution is 2.34. The molecule has 9 nitrogen and oxygen atoms in total. The summed E-state index contributed by atoms with van der Waals surface area (Å²) in [4.78, 5) is 69.3. The number of anilines is 2. The summed E-state index contributed by atoms with van der Waals surface area (Å²) in [6.45, 7) is 0. The predicted octanol–water partition coefficient (Wildman–Crippen LogP) is 8.10. The molecule has 0 radical (unpaired) electrons. The van der Waals surface area contributed by atoms with E-state index in [2.05, 4.69) is 0 Å². The molecule has 9 heteroatoms. The van der Waals surface area contributed by atoms with Crippen molar-refractivity contribution < 1.29 is 33.4 Å². The van der Waals surface area contributed by atoms with Gasteiger partial charge >= 0.3 is 0 Å². The van der Waals surface area contributed by atoms with Gasteiger partial charge in [-0.2, -0.15) is 0 Å². The summed E-state index contributed by atoms with van der Waals surface area (Å²) < 4.78 is 11.6. The zero-order valence-electron chi connectivity index (χ0n) is 26.1. The van der Waals surface area contributed by atoms with Gasteiger partial charge in [-0.05, 0) is 97.1 Å². The molecule has 0 saturated carbocycles. The fourth-order valence-corrected chi connectivity index (χ4v) is 5.98. The molecule has 0 aliphatic carbocycles. The van der Waals surface area contributed by atoms with Crippen LogP contribution in [0.4, 0.5) is 11.4 Å². The van der Waals surface area contributed by atoms with Gasteiger partial charge in [0.2, 0.25) is 0 Å². The van der Waals surface area contributed by atoms with Crippen LogP contribution in [-0.2, 0) is 0 Å². The average Bonchev–Trinajstić information content (AvgIpc) is 3.55. The summed E-state index contributed by atoms with van der Waals surface area (Å²) in [5, 5.41) is 0. The van der Waals surface area contributed by atoms with Gasteiger partial charge in [-0.15, -0.1) is 0 Å². The zero-order chi connectivity index (χ0) is 34.4. The summed E-state index contributed by atoms with van der Waals surface area (Å²) in [6, 6.07) is 40.2. The molecule has 0 spiro atoms. The van der Waals surface area contributed by atoms with Crippen molar-refractivity contribution in [3.8, 4) is 23.0 Å². The smallest absolute Gasteiger partial charge is 0.266 e. The van der Waals surface area contributed by atoms with E-state index in [0.29, 0.717) is 34.4 Å². The van der Waals surface area contributed by atoms with E-state index < -0.39 is 29.4 Å². The summed E-state index contributed by atoms with van der Waals surface area (Å²) in [5.41, 5.74) is 1.53. The molecule has 4 amide bonds. The van der Waals surface area contributed by atoms with Gasteiger partial charge in [-0.25, -0.2) is 9.80 Å². The Balaban J connectivity index is 0.998. The molecule has 0 unspecified atom stereocenters. The van der Waals surface area contributed by atoms with Gasteiger partial charge in [0.1, 0.15) is 23.0 Å². The Kier molecular flexibility index (Phi) is 7.34. The molecule has 0 N–H and O–H groups in total. The highest BCUT2D eigenvalue weighted by Gasteiger charge is 2.39. The number of nitrogens with zero attached hydrogens (tertiary/aromatic N) is 2. The second-order valence-corrected chi connectivity index (χ2v) is 11.6. The lowest BCUT2D eigenvalue weighted by Gasteiger charge is -2.14. The van der Waals surface area contributed by atoms with E-state index >= 15 is 0 Å². The summed E-state index contributed by atoms with van der Waals surface area (Å²) in [7, 11) is 0. The van der Waals surface area contributed by atoms with Crippen LogP contribution < -0.4 is 19.3 Å². The Labute approximate surface area is 285 Å². The third-order valence-electron chi connectivity index (χ3n) is 8.45. The van der Waals surface area contributed by atoms with Crippen molar-refractivity contribution in [2.75, 3.05) is 9.80 Å². The number of imide groups is 2. The molecule has 0 atom stereocenters. The molecular formula is C41H24N2O7. The maximum absolute atomic E-state index is 13.7. The van der Waals surface area contributed by atoms with Crippen LogP contribution in [0, 0.1) is 0 Å². The largest absolute Gasteiger partial charge is 0.457 e. The second-order valence-electron chi connectivity index (χ2n) is 11.6. The molecule has 8 rings (SSSR count). The lowest BCUT2D eigenvalue weighted by molar-refractivity contribution is 0.0910. The van der Waals surface area contributed by atoms with Crippen LogP contribution >= 0.6 is 0 Å². The van der Waals surface area contributed by atoms with Crippen LogP contribution in [0.3, 0.4) is 0 Å². The fourth-order valence-electron chi connectivity index (χ4n) is 5.98. The molecule has 2 aliphatic rings. The predicted molar refractivity (Wildman–Crippen MR) is 185 cm³/mol. The van der Waals surface area contributed by atoms with Crippen LogP contribution in [0.15, 0.2) is 146 Å². The van der Waals surface area contributed by atoms with Crippen LogP contribution in [0.5, 0.6) is 23.0 Å². The summed E-state index contributed by atoms with van der Waals surface area (Å²) >= 11 is 0. The van der Waals surface area contributed by atoms with E-state index in [0.717, 1.165) is 9.80 Å². The van der Waals surface area contributed by atoms with Gasteiger partial charge < -0.3 is 9.47 Å². The first-order valence-corrected chi connectivity index (χ1v) is 15.6. The number of carbonyl (C=O) groups is 5. The molecule has 2 heterocycles. The quantitative estimate of drug-likeness (QED) is 0.120. The van der Waals surface area contributed by atoms with Gasteiger partial charge in [-0.1, -0.05) is 48.5 Å². The molecule has 0 saturated heterocycles. The molecule has 0 fully saturated rings. The van der Waals surface area contributed by atoms with Crippen molar-refractivity contribution >= 4 is 40.8 Å². The van der Waals surface area contributed by atoms with E-state index in [1.807, 2.05) is 60.7 Å². The highest BCUT2D eigenvalue weighted by atomic mass is 16.5. The maximum atomic E-state index is 13.7. The molecule has 50 heavy (non-hydrogen) atoms. The van der Waals surface area contributed by atoms with Crippen molar-refractivity contribution in [3.63, 3.8) is 0 Å². The third-order valence-corrected chi connectivity index (χ3v) is 8.45. The van der Waals surface area contributed by atoms with Crippen LogP contribution in [0.1, 0.15) is 57.4 Å². The molecule has 0 bridgehead atoms. The molecule has 6 aromatic rings. The first kappa shape index (κ1) is 30.2. The first-order valence-electron chi connectivity index (χ1n) is 15.6. The number of rotatable bonds is 8.